The van der Waals surface area contributed by atoms with E-state index in [1.807, 2.05) is 6.92 Å². The summed E-state index contributed by atoms with van der Waals surface area (Å²) < 4.78 is 1.60. The van der Waals surface area contributed by atoms with E-state index >= 15 is 0 Å². The summed E-state index contributed by atoms with van der Waals surface area (Å²) >= 11 is 0. The Kier molecular flexibility index (Phi) is 3.45. The van der Waals surface area contributed by atoms with Gasteiger partial charge in [0.25, 0.3) is 5.91 Å². The average molecular weight is 183 g/mol. The second kappa shape index (κ2) is 4.61. The van der Waals surface area contributed by atoms with Crippen LogP contribution >= 0.6 is 0 Å². The van der Waals surface area contributed by atoms with Crippen molar-refractivity contribution in [3.05, 3.63) is 18.0 Å². The Morgan fingerprint density at radius 1 is 1.77 bits per heavy atom. The monoisotopic (exact) mass is 183 g/mol. The van der Waals surface area contributed by atoms with Crippen LogP contribution in [0.4, 0.5) is 0 Å². The molecule has 0 spiro atoms. The van der Waals surface area contributed by atoms with Crippen molar-refractivity contribution >= 4 is 5.91 Å². The molecule has 2 N–H and O–H groups in total. The van der Waals surface area contributed by atoms with Crippen molar-refractivity contribution in [2.75, 3.05) is 13.2 Å². The molecule has 72 valence electrons. The molecule has 0 aliphatic heterocycles. The summed E-state index contributed by atoms with van der Waals surface area (Å²) in [5.41, 5.74) is 0.524. The van der Waals surface area contributed by atoms with Crippen molar-refractivity contribution < 1.29 is 9.90 Å². The number of rotatable bonds is 4. The van der Waals surface area contributed by atoms with E-state index in [2.05, 4.69) is 10.4 Å². The standard InChI is InChI=1S/C8H13N3O2/c1-2-11-7(3-4-10-11)8(13)9-5-6-12/h3-4,12H,2,5-6H2,1H3,(H,9,13). The lowest BCUT2D eigenvalue weighted by atomic mass is 10.4. The predicted octanol–water partition coefficient (Wildman–Crippen LogP) is -0.375. The molecule has 0 aliphatic carbocycles. The Morgan fingerprint density at radius 2 is 2.54 bits per heavy atom. The van der Waals surface area contributed by atoms with Crippen molar-refractivity contribution in [2.45, 2.75) is 13.5 Å². The van der Waals surface area contributed by atoms with Crippen molar-refractivity contribution in [3.8, 4) is 0 Å². The number of aromatic nitrogens is 2. The van der Waals surface area contributed by atoms with Gasteiger partial charge in [0, 0.05) is 19.3 Å². The Labute approximate surface area is 76.4 Å². The Hall–Kier alpha value is -1.36. The molecule has 5 nitrogen and oxygen atoms in total. The van der Waals surface area contributed by atoms with Crippen LogP contribution in [0.5, 0.6) is 0 Å². The van der Waals surface area contributed by atoms with Gasteiger partial charge in [-0.3, -0.25) is 9.48 Å². The third-order valence-electron chi connectivity index (χ3n) is 1.65. The second-order valence-corrected chi connectivity index (χ2v) is 2.51. The SMILES string of the molecule is CCn1nccc1C(=O)NCCO. The molecular formula is C8H13N3O2. The van der Waals surface area contributed by atoms with Crippen molar-refractivity contribution in [1.82, 2.24) is 15.1 Å². The highest BCUT2D eigenvalue weighted by Crippen LogP contribution is 1.97. The van der Waals surface area contributed by atoms with Crippen LogP contribution in [0, 0.1) is 0 Å². The summed E-state index contributed by atoms with van der Waals surface area (Å²) in [6, 6.07) is 1.65. The zero-order chi connectivity index (χ0) is 9.68. The summed E-state index contributed by atoms with van der Waals surface area (Å²) in [6.07, 6.45) is 1.58. The zero-order valence-corrected chi connectivity index (χ0v) is 7.53. The van der Waals surface area contributed by atoms with E-state index in [-0.39, 0.29) is 19.1 Å². The van der Waals surface area contributed by atoms with Gasteiger partial charge < -0.3 is 10.4 Å². The highest BCUT2D eigenvalue weighted by atomic mass is 16.3. The van der Waals surface area contributed by atoms with E-state index in [1.165, 1.54) is 0 Å². The molecule has 0 saturated heterocycles. The minimum atomic E-state index is -0.201. The number of carbonyl (C=O) groups is 1. The van der Waals surface area contributed by atoms with Gasteiger partial charge in [-0.05, 0) is 13.0 Å². The van der Waals surface area contributed by atoms with Gasteiger partial charge in [-0.25, -0.2) is 0 Å². The first-order valence-corrected chi connectivity index (χ1v) is 4.20. The fraction of sp³-hybridized carbons (Fsp3) is 0.500. The number of hydrogen-bond donors (Lipinski definition) is 2. The van der Waals surface area contributed by atoms with Crippen molar-refractivity contribution in [2.24, 2.45) is 0 Å². The Morgan fingerprint density at radius 3 is 3.15 bits per heavy atom. The number of nitrogens with zero attached hydrogens (tertiary/aromatic N) is 2. The lowest BCUT2D eigenvalue weighted by molar-refractivity contribution is 0.0934. The lowest BCUT2D eigenvalue weighted by Gasteiger charge is -2.04. The number of nitrogens with one attached hydrogen (secondary N) is 1. The van der Waals surface area contributed by atoms with E-state index < -0.39 is 0 Å². The number of amides is 1. The molecule has 13 heavy (non-hydrogen) atoms. The van der Waals surface area contributed by atoms with Crippen molar-refractivity contribution in [3.63, 3.8) is 0 Å². The van der Waals surface area contributed by atoms with E-state index in [4.69, 9.17) is 5.11 Å². The van der Waals surface area contributed by atoms with Gasteiger partial charge in [-0.1, -0.05) is 0 Å². The van der Waals surface area contributed by atoms with Gasteiger partial charge in [-0.2, -0.15) is 5.10 Å². The molecule has 0 fully saturated rings. The highest BCUT2D eigenvalue weighted by Gasteiger charge is 2.09. The van der Waals surface area contributed by atoms with Gasteiger partial charge >= 0.3 is 0 Å². The van der Waals surface area contributed by atoms with Crippen LogP contribution in [-0.4, -0.2) is 33.9 Å². The first-order chi connectivity index (χ1) is 6.29. The lowest BCUT2D eigenvalue weighted by Crippen LogP contribution is -2.28. The van der Waals surface area contributed by atoms with E-state index in [0.717, 1.165) is 0 Å². The van der Waals surface area contributed by atoms with Gasteiger partial charge in [0.05, 0.1) is 6.61 Å². The summed E-state index contributed by atoms with van der Waals surface area (Å²) in [5.74, 6) is -0.201. The number of hydrogen-bond acceptors (Lipinski definition) is 3. The maximum absolute atomic E-state index is 11.4. The van der Waals surface area contributed by atoms with E-state index in [9.17, 15) is 4.79 Å². The summed E-state index contributed by atoms with van der Waals surface area (Å²) in [6.45, 7) is 2.80. The largest absolute Gasteiger partial charge is 0.395 e. The van der Waals surface area contributed by atoms with Crippen LogP contribution in [0.3, 0.4) is 0 Å². The van der Waals surface area contributed by atoms with Gasteiger partial charge in [0.15, 0.2) is 0 Å². The maximum Gasteiger partial charge on any atom is 0.269 e. The van der Waals surface area contributed by atoms with Crippen LogP contribution in [0.15, 0.2) is 12.3 Å². The molecule has 0 unspecified atom stereocenters. The molecule has 1 aromatic rings. The highest BCUT2D eigenvalue weighted by molar-refractivity contribution is 5.92. The maximum atomic E-state index is 11.4. The molecule has 0 aromatic carbocycles. The zero-order valence-electron chi connectivity index (χ0n) is 7.53. The van der Waals surface area contributed by atoms with Crippen LogP contribution in [0.2, 0.25) is 0 Å². The molecule has 0 atom stereocenters. The molecular weight excluding hydrogens is 170 g/mol. The molecule has 1 amide bonds. The number of aliphatic hydroxyl groups excluding tert-OH is 1. The number of aliphatic hydroxyl groups is 1. The molecule has 5 heteroatoms. The molecule has 0 saturated carbocycles. The summed E-state index contributed by atoms with van der Waals surface area (Å²) in [5, 5.41) is 15.0. The van der Waals surface area contributed by atoms with E-state index in [0.29, 0.717) is 12.2 Å². The number of carbonyl (C=O) groups excluding carboxylic acids is 1. The second-order valence-electron chi connectivity index (χ2n) is 2.51. The minimum Gasteiger partial charge on any atom is -0.395 e. The quantitative estimate of drug-likeness (QED) is 0.669. The van der Waals surface area contributed by atoms with Crippen LogP contribution in [0.1, 0.15) is 17.4 Å². The molecule has 1 rings (SSSR count). The fourth-order valence-corrected chi connectivity index (χ4v) is 1.04. The third-order valence-corrected chi connectivity index (χ3v) is 1.65. The molecule has 1 heterocycles. The molecule has 0 bridgehead atoms. The summed E-state index contributed by atoms with van der Waals surface area (Å²) in [4.78, 5) is 11.4. The van der Waals surface area contributed by atoms with E-state index in [1.54, 1.807) is 16.9 Å². The topological polar surface area (TPSA) is 67.2 Å². The normalized spacial score (nSPS) is 10.0. The fourth-order valence-electron chi connectivity index (χ4n) is 1.04. The van der Waals surface area contributed by atoms with Gasteiger partial charge in [-0.15, -0.1) is 0 Å². The molecule has 0 aliphatic rings. The van der Waals surface area contributed by atoms with Crippen LogP contribution in [0.25, 0.3) is 0 Å². The van der Waals surface area contributed by atoms with Gasteiger partial charge in [0.1, 0.15) is 5.69 Å². The smallest absolute Gasteiger partial charge is 0.269 e. The van der Waals surface area contributed by atoms with Crippen LogP contribution in [-0.2, 0) is 6.54 Å². The predicted molar refractivity (Wildman–Crippen MR) is 47.3 cm³/mol. The van der Waals surface area contributed by atoms with Crippen molar-refractivity contribution in [1.29, 1.82) is 0 Å². The third kappa shape index (κ3) is 2.29. The Bertz CT molecular complexity index is 283. The first-order valence-electron chi connectivity index (χ1n) is 4.20. The average Bonchev–Trinajstić information content (AvgIpc) is 2.61. The molecule has 0 radical (unpaired) electrons. The van der Waals surface area contributed by atoms with Gasteiger partial charge in [0.2, 0.25) is 0 Å². The molecule has 1 aromatic heterocycles. The number of aryl methyl sites for hydroxylation is 1. The minimum absolute atomic E-state index is 0.0496. The van der Waals surface area contributed by atoms with Crippen LogP contribution < -0.4 is 5.32 Å². The summed E-state index contributed by atoms with van der Waals surface area (Å²) in [7, 11) is 0. The first kappa shape index (κ1) is 9.73. The Balaban J connectivity index is 2.65.